The zero-order chi connectivity index (χ0) is 21.1. The molecule has 3 aliphatic rings. The summed E-state index contributed by atoms with van der Waals surface area (Å²) in [4.78, 5) is 27.4. The monoisotopic (exact) mass is 432 g/mol. The molecule has 2 saturated heterocycles. The molecule has 0 bridgehead atoms. The average Bonchev–Trinajstić information content (AvgIpc) is 3.19. The van der Waals surface area contributed by atoms with Gasteiger partial charge in [-0.05, 0) is 62.4 Å². The number of carbonyl (C=O) groups is 2. The first-order chi connectivity index (χ1) is 13.7. The molecule has 2 aliphatic heterocycles. The Morgan fingerprint density at radius 1 is 1.17 bits per heavy atom. The van der Waals surface area contributed by atoms with Crippen LogP contribution in [0.5, 0.6) is 0 Å². The number of hydrogen-bond donors (Lipinski definition) is 1. The third-order valence-electron chi connectivity index (χ3n) is 6.11. The van der Waals surface area contributed by atoms with Crippen LogP contribution in [0.2, 0.25) is 0 Å². The fourth-order valence-electron chi connectivity index (χ4n) is 4.30. The van der Waals surface area contributed by atoms with Gasteiger partial charge in [0.1, 0.15) is 0 Å². The molecule has 162 valence electrons. The summed E-state index contributed by atoms with van der Waals surface area (Å²) in [5, 5.41) is 9.18. The minimum Gasteiger partial charge on any atom is -0.475 e. The van der Waals surface area contributed by atoms with E-state index in [9.17, 15) is 18.0 Å². The van der Waals surface area contributed by atoms with Gasteiger partial charge in [0, 0.05) is 30.1 Å². The number of halogens is 3. The van der Waals surface area contributed by atoms with Gasteiger partial charge in [0.15, 0.2) is 0 Å². The number of carboxylic acid groups (broad SMARTS) is 1. The fraction of sp³-hybridized carbons (Fsp3) is 0.700. The number of alkyl halides is 3. The van der Waals surface area contributed by atoms with E-state index in [4.69, 9.17) is 9.90 Å². The lowest BCUT2D eigenvalue weighted by molar-refractivity contribution is -0.192. The second-order valence-corrected chi connectivity index (χ2v) is 9.19. The molecule has 0 radical (unpaired) electrons. The van der Waals surface area contributed by atoms with Crippen molar-refractivity contribution in [1.29, 1.82) is 0 Å². The van der Waals surface area contributed by atoms with E-state index in [0.717, 1.165) is 19.0 Å². The van der Waals surface area contributed by atoms with E-state index in [2.05, 4.69) is 21.2 Å². The molecular weight excluding hydrogens is 405 g/mol. The van der Waals surface area contributed by atoms with Crippen molar-refractivity contribution in [3.63, 3.8) is 0 Å². The SMILES string of the molecule is O=C(Cc1cccs1)N1CCC2(CCCN2CC2CC2)CC1.O=C(O)C(F)(F)F. The van der Waals surface area contributed by atoms with E-state index < -0.39 is 12.1 Å². The van der Waals surface area contributed by atoms with Crippen molar-refractivity contribution in [2.45, 2.75) is 56.7 Å². The molecule has 1 aromatic rings. The van der Waals surface area contributed by atoms with Gasteiger partial charge in [-0.1, -0.05) is 6.07 Å². The molecule has 4 rings (SSSR count). The van der Waals surface area contributed by atoms with E-state index in [1.807, 2.05) is 6.07 Å². The summed E-state index contributed by atoms with van der Waals surface area (Å²) in [5.74, 6) is -1.45. The Hall–Kier alpha value is -1.61. The van der Waals surface area contributed by atoms with E-state index in [1.165, 1.54) is 56.5 Å². The highest BCUT2D eigenvalue weighted by Gasteiger charge is 2.45. The van der Waals surface area contributed by atoms with Gasteiger partial charge < -0.3 is 10.0 Å². The van der Waals surface area contributed by atoms with Gasteiger partial charge >= 0.3 is 12.1 Å². The smallest absolute Gasteiger partial charge is 0.475 e. The third kappa shape index (κ3) is 5.94. The predicted molar refractivity (Wildman–Crippen MR) is 104 cm³/mol. The zero-order valence-corrected chi connectivity index (χ0v) is 17.1. The predicted octanol–water partition coefficient (Wildman–Crippen LogP) is 3.79. The normalized spacial score (nSPS) is 21.7. The number of nitrogens with zero attached hydrogens (tertiary/aromatic N) is 2. The van der Waals surface area contributed by atoms with Crippen molar-refractivity contribution in [3.05, 3.63) is 22.4 Å². The van der Waals surface area contributed by atoms with Crippen LogP contribution in [-0.2, 0) is 16.0 Å². The zero-order valence-electron chi connectivity index (χ0n) is 16.3. The molecule has 9 heteroatoms. The second-order valence-electron chi connectivity index (χ2n) is 8.16. The minimum absolute atomic E-state index is 0.323. The van der Waals surface area contributed by atoms with Crippen LogP contribution in [0, 0.1) is 5.92 Å². The van der Waals surface area contributed by atoms with E-state index in [-0.39, 0.29) is 0 Å². The van der Waals surface area contributed by atoms with Crippen molar-refractivity contribution in [2.75, 3.05) is 26.2 Å². The highest BCUT2D eigenvalue weighted by molar-refractivity contribution is 7.10. The topological polar surface area (TPSA) is 60.9 Å². The van der Waals surface area contributed by atoms with Crippen LogP contribution in [0.4, 0.5) is 13.2 Å². The molecule has 1 spiro atoms. The maximum Gasteiger partial charge on any atom is 0.490 e. The molecule has 1 amide bonds. The molecule has 1 aromatic heterocycles. The first kappa shape index (κ1) is 22.1. The van der Waals surface area contributed by atoms with Crippen LogP contribution in [0.3, 0.4) is 0 Å². The van der Waals surface area contributed by atoms with Gasteiger partial charge in [-0.25, -0.2) is 4.79 Å². The Morgan fingerprint density at radius 2 is 1.83 bits per heavy atom. The van der Waals surface area contributed by atoms with E-state index in [0.29, 0.717) is 17.9 Å². The van der Waals surface area contributed by atoms with Crippen LogP contribution in [-0.4, -0.2) is 64.7 Å². The fourth-order valence-corrected chi connectivity index (χ4v) is 5.00. The summed E-state index contributed by atoms with van der Waals surface area (Å²) < 4.78 is 31.7. The van der Waals surface area contributed by atoms with Crippen LogP contribution in [0.15, 0.2) is 17.5 Å². The van der Waals surface area contributed by atoms with Crippen molar-refractivity contribution in [2.24, 2.45) is 5.92 Å². The van der Waals surface area contributed by atoms with Gasteiger partial charge in [0.05, 0.1) is 6.42 Å². The second kappa shape index (κ2) is 9.04. The number of carbonyl (C=O) groups excluding carboxylic acids is 1. The number of carboxylic acids is 1. The molecule has 1 N–H and O–H groups in total. The summed E-state index contributed by atoms with van der Waals surface area (Å²) in [6.07, 6.45) is 3.49. The van der Waals surface area contributed by atoms with Gasteiger partial charge in [0.25, 0.3) is 0 Å². The molecule has 3 heterocycles. The Labute approximate surface area is 172 Å². The maximum absolute atomic E-state index is 12.5. The number of likely N-dealkylation sites (tertiary alicyclic amines) is 2. The molecule has 1 saturated carbocycles. The highest BCUT2D eigenvalue weighted by atomic mass is 32.1. The van der Waals surface area contributed by atoms with Crippen LogP contribution in [0.1, 0.15) is 43.4 Å². The van der Waals surface area contributed by atoms with Gasteiger partial charge in [0.2, 0.25) is 5.91 Å². The Kier molecular flexibility index (Phi) is 6.88. The third-order valence-corrected chi connectivity index (χ3v) is 6.99. The first-order valence-corrected chi connectivity index (χ1v) is 10.9. The average molecular weight is 433 g/mol. The summed E-state index contributed by atoms with van der Waals surface area (Å²) in [7, 11) is 0. The summed E-state index contributed by atoms with van der Waals surface area (Å²) in [6.45, 7) is 4.54. The summed E-state index contributed by atoms with van der Waals surface area (Å²) in [5.41, 5.74) is 0.433. The van der Waals surface area contributed by atoms with Crippen LogP contribution in [0.25, 0.3) is 0 Å². The number of hydrogen-bond acceptors (Lipinski definition) is 4. The van der Waals surface area contributed by atoms with Crippen molar-refractivity contribution < 1.29 is 27.9 Å². The summed E-state index contributed by atoms with van der Waals surface area (Å²) >= 11 is 1.69. The van der Waals surface area contributed by atoms with E-state index in [1.54, 1.807) is 11.3 Å². The number of aliphatic carboxylic acids is 1. The molecule has 5 nitrogen and oxygen atoms in total. The minimum atomic E-state index is -5.08. The first-order valence-electron chi connectivity index (χ1n) is 10.0. The molecule has 0 atom stereocenters. The Morgan fingerprint density at radius 3 is 2.34 bits per heavy atom. The van der Waals surface area contributed by atoms with Crippen LogP contribution >= 0.6 is 11.3 Å². The molecule has 0 unspecified atom stereocenters. The number of rotatable bonds is 4. The molecule has 1 aliphatic carbocycles. The van der Waals surface area contributed by atoms with Crippen molar-refractivity contribution in [1.82, 2.24) is 9.80 Å². The lowest BCUT2D eigenvalue weighted by atomic mass is 9.84. The lowest BCUT2D eigenvalue weighted by Gasteiger charge is -2.45. The van der Waals surface area contributed by atoms with Gasteiger partial charge in [-0.3, -0.25) is 9.69 Å². The Bertz CT molecular complexity index is 696. The Balaban J connectivity index is 0.000000298. The standard InChI is InChI=1S/C18H26N2OS.C2HF3O2/c21-17(13-16-3-1-12-22-16)19-10-7-18(8-11-19)6-2-9-20(18)14-15-4-5-15;3-2(4,5)1(6)7/h1,3,12,15H,2,4-11,13-14H2;(H,6,7). The van der Waals surface area contributed by atoms with E-state index >= 15 is 0 Å². The largest absolute Gasteiger partial charge is 0.490 e. The summed E-state index contributed by atoms with van der Waals surface area (Å²) in [6, 6.07) is 4.11. The highest BCUT2D eigenvalue weighted by Crippen LogP contribution is 2.41. The quantitative estimate of drug-likeness (QED) is 0.787. The van der Waals surface area contributed by atoms with Crippen molar-refractivity contribution >= 4 is 23.2 Å². The molecular formula is C20H27F3N2O3S. The number of amides is 1. The lowest BCUT2D eigenvalue weighted by Crippen LogP contribution is -2.53. The van der Waals surface area contributed by atoms with Crippen LogP contribution < -0.4 is 0 Å². The van der Waals surface area contributed by atoms with Gasteiger partial charge in [-0.15, -0.1) is 11.3 Å². The molecule has 3 fully saturated rings. The maximum atomic E-state index is 12.5. The molecule has 29 heavy (non-hydrogen) atoms. The number of thiophene rings is 1. The van der Waals surface area contributed by atoms with Crippen molar-refractivity contribution in [3.8, 4) is 0 Å². The molecule has 0 aromatic carbocycles. The van der Waals surface area contributed by atoms with Gasteiger partial charge in [-0.2, -0.15) is 13.2 Å². The number of piperidine rings is 1.